The van der Waals surface area contributed by atoms with E-state index in [1.807, 2.05) is 0 Å². The Morgan fingerprint density at radius 1 is 1.32 bits per heavy atom. The van der Waals surface area contributed by atoms with Crippen LogP contribution in [0, 0.1) is 6.92 Å². The number of carbonyl (C=O) groups excluding carboxylic acids is 1. The molecule has 1 unspecified atom stereocenters. The second-order valence-corrected chi connectivity index (χ2v) is 5.20. The second-order valence-electron chi connectivity index (χ2n) is 5.20. The van der Waals surface area contributed by atoms with Crippen LogP contribution >= 0.6 is 0 Å². The zero-order valence-corrected chi connectivity index (χ0v) is 12.1. The van der Waals surface area contributed by atoms with E-state index in [0.29, 0.717) is 0 Å². The molecular weight excluding hydrogens is 236 g/mol. The molecule has 1 aromatic rings. The molecule has 1 heterocycles. The fraction of sp³-hybridized carbons (Fsp3) is 0.562. The number of benzene rings is 1. The van der Waals surface area contributed by atoms with E-state index in [0.717, 1.165) is 45.2 Å². The van der Waals surface area contributed by atoms with E-state index in [1.54, 1.807) is 4.90 Å². The minimum Gasteiger partial charge on any atom is -0.344 e. The summed E-state index contributed by atoms with van der Waals surface area (Å²) >= 11 is 0. The lowest BCUT2D eigenvalue weighted by molar-refractivity contribution is -0.118. The van der Waals surface area contributed by atoms with Crippen molar-refractivity contribution >= 4 is 6.41 Å². The van der Waals surface area contributed by atoms with Gasteiger partial charge >= 0.3 is 0 Å². The first-order valence-electron chi connectivity index (χ1n) is 7.16. The van der Waals surface area contributed by atoms with E-state index < -0.39 is 0 Å². The zero-order valence-electron chi connectivity index (χ0n) is 12.1. The van der Waals surface area contributed by atoms with E-state index in [4.69, 9.17) is 5.73 Å². The Hall–Kier alpha value is -1.35. The first-order chi connectivity index (χ1) is 9.15. The molecular formula is C16H26N2O. The van der Waals surface area contributed by atoms with Crippen LogP contribution in [0.1, 0.15) is 37.3 Å². The van der Waals surface area contributed by atoms with Gasteiger partial charge in [0.15, 0.2) is 0 Å². The number of hydrogen-bond acceptors (Lipinski definition) is 2. The summed E-state index contributed by atoms with van der Waals surface area (Å²) in [5.74, 6) is 0. The molecule has 1 amide bonds. The molecule has 19 heavy (non-hydrogen) atoms. The first kappa shape index (κ1) is 15.7. The van der Waals surface area contributed by atoms with Crippen molar-refractivity contribution in [1.29, 1.82) is 0 Å². The van der Waals surface area contributed by atoms with E-state index in [-0.39, 0.29) is 6.04 Å². The molecule has 1 aliphatic rings. The van der Waals surface area contributed by atoms with Crippen molar-refractivity contribution in [2.75, 3.05) is 13.1 Å². The van der Waals surface area contributed by atoms with E-state index in [2.05, 4.69) is 38.1 Å². The van der Waals surface area contributed by atoms with Gasteiger partial charge in [-0.1, -0.05) is 43.2 Å². The number of hydrogen-bond donors (Lipinski definition) is 1. The maximum Gasteiger partial charge on any atom is 0.209 e. The van der Waals surface area contributed by atoms with Gasteiger partial charge in [0.1, 0.15) is 0 Å². The maximum atomic E-state index is 10.3. The van der Waals surface area contributed by atoms with Crippen LogP contribution in [0.4, 0.5) is 0 Å². The Labute approximate surface area is 116 Å². The maximum absolute atomic E-state index is 10.3. The quantitative estimate of drug-likeness (QED) is 0.832. The van der Waals surface area contributed by atoms with Crippen LogP contribution in [-0.2, 0) is 11.2 Å². The molecule has 2 rings (SSSR count). The molecule has 1 aliphatic heterocycles. The minimum atomic E-state index is 0.202. The van der Waals surface area contributed by atoms with Crippen LogP contribution in [0.2, 0.25) is 0 Å². The van der Waals surface area contributed by atoms with Gasteiger partial charge in [0.05, 0.1) is 0 Å². The van der Waals surface area contributed by atoms with E-state index in [9.17, 15) is 4.79 Å². The van der Waals surface area contributed by atoms with Crippen LogP contribution in [-0.4, -0.2) is 30.4 Å². The van der Waals surface area contributed by atoms with Gasteiger partial charge in [0, 0.05) is 19.1 Å². The lowest BCUT2D eigenvalue weighted by Gasteiger charge is -2.16. The Balaban J connectivity index is 0.000000191. The molecule has 2 N–H and O–H groups in total. The van der Waals surface area contributed by atoms with Crippen LogP contribution in [0.25, 0.3) is 0 Å². The molecule has 0 saturated carbocycles. The SMILES string of the molecule is CCc1ccc(C)cc1.NC1CCCCN(C=O)C1. The number of likely N-dealkylation sites (tertiary alicyclic amines) is 1. The highest BCUT2D eigenvalue weighted by Gasteiger charge is 2.12. The van der Waals surface area contributed by atoms with Crippen molar-refractivity contribution in [3.63, 3.8) is 0 Å². The normalized spacial score (nSPS) is 19.1. The molecule has 0 aliphatic carbocycles. The minimum absolute atomic E-state index is 0.202. The summed E-state index contributed by atoms with van der Waals surface area (Å²) in [5, 5.41) is 0. The highest BCUT2D eigenvalue weighted by atomic mass is 16.1. The predicted octanol–water partition coefficient (Wildman–Crippen LogP) is 2.51. The largest absolute Gasteiger partial charge is 0.344 e. The third-order valence-electron chi connectivity index (χ3n) is 3.42. The molecule has 3 heteroatoms. The average Bonchev–Trinajstić information content (AvgIpc) is 2.64. The summed E-state index contributed by atoms with van der Waals surface area (Å²) in [6.45, 7) is 5.91. The average molecular weight is 262 g/mol. The molecule has 0 aromatic heterocycles. The number of nitrogens with two attached hydrogens (primary N) is 1. The second kappa shape index (κ2) is 8.70. The molecule has 1 fully saturated rings. The van der Waals surface area contributed by atoms with Gasteiger partial charge in [-0.3, -0.25) is 4.79 Å². The van der Waals surface area contributed by atoms with Gasteiger partial charge in [-0.25, -0.2) is 0 Å². The van der Waals surface area contributed by atoms with Gasteiger partial charge in [0.2, 0.25) is 6.41 Å². The monoisotopic (exact) mass is 262 g/mol. The number of nitrogens with zero attached hydrogens (tertiary/aromatic N) is 1. The van der Waals surface area contributed by atoms with E-state index in [1.165, 1.54) is 11.1 Å². The number of aryl methyl sites for hydroxylation is 2. The van der Waals surface area contributed by atoms with Gasteiger partial charge in [-0.15, -0.1) is 0 Å². The van der Waals surface area contributed by atoms with Crippen molar-refractivity contribution in [2.24, 2.45) is 5.73 Å². The fourth-order valence-corrected chi connectivity index (χ4v) is 2.12. The van der Waals surface area contributed by atoms with Gasteiger partial charge < -0.3 is 10.6 Å². The first-order valence-corrected chi connectivity index (χ1v) is 7.16. The van der Waals surface area contributed by atoms with Crippen LogP contribution in [0.5, 0.6) is 0 Å². The smallest absolute Gasteiger partial charge is 0.209 e. The summed E-state index contributed by atoms with van der Waals surface area (Å²) in [6, 6.07) is 8.86. The molecule has 1 saturated heterocycles. The summed E-state index contributed by atoms with van der Waals surface area (Å²) < 4.78 is 0. The van der Waals surface area contributed by atoms with Crippen molar-refractivity contribution in [3.05, 3.63) is 35.4 Å². The highest BCUT2D eigenvalue weighted by molar-refractivity contribution is 5.47. The molecule has 0 spiro atoms. The standard InChI is InChI=1S/C9H12.C7H14N2O/c1-3-9-6-4-8(2)5-7-9;8-7-3-1-2-4-9(5-7)6-10/h4-7H,3H2,1-2H3;6-7H,1-5,8H2. The molecule has 3 nitrogen and oxygen atoms in total. The lowest BCUT2D eigenvalue weighted by atomic mass is 10.1. The van der Waals surface area contributed by atoms with Gasteiger partial charge in [0.25, 0.3) is 0 Å². The molecule has 0 radical (unpaired) electrons. The molecule has 0 bridgehead atoms. The fourth-order valence-electron chi connectivity index (χ4n) is 2.12. The summed E-state index contributed by atoms with van der Waals surface area (Å²) in [5.41, 5.74) is 8.46. The third kappa shape index (κ3) is 6.39. The van der Waals surface area contributed by atoms with Gasteiger partial charge in [-0.2, -0.15) is 0 Å². The van der Waals surface area contributed by atoms with Crippen LogP contribution < -0.4 is 5.73 Å². The zero-order chi connectivity index (χ0) is 14.1. The third-order valence-corrected chi connectivity index (χ3v) is 3.42. The Morgan fingerprint density at radius 2 is 2.00 bits per heavy atom. The number of carbonyl (C=O) groups is 1. The summed E-state index contributed by atoms with van der Waals surface area (Å²) in [4.78, 5) is 12.1. The topological polar surface area (TPSA) is 46.3 Å². The lowest BCUT2D eigenvalue weighted by Crippen LogP contribution is -2.34. The number of rotatable bonds is 2. The van der Waals surface area contributed by atoms with Crippen LogP contribution in [0.3, 0.4) is 0 Å². The Bertz CT molecular complexity index is 362. The Morgan fingerprint density at radius 3 is 2.58 bits per heavy atom. The summed E-state index contributed by atoms with van der Waals surface area (Å²) in [6.07, 6.45) is 5.35. The Kier molecular flexibility index (Phi) is 7.19. The van der Waals surface area contributed by atoms with Gasteiger partial charge in [-0.05, 0) is 31.7 Å². The molecule has 1 atom stereocenters. The van der Waals surface area contributed by atoms with E-state index >= 15 is 0 Å². The predicted molar refractivity (Wildman–Crippen MR) is 80.0 cm³/mol. The summed E-state index contributed by atoms with van der Waals surface area (Å²) in [7, 11) is 0. The van der Waals surface area contributed by atoms with Crippen molar-refractivity contribution in [3.8, 4) is 0 Å². The van der Waals surface area contributed by atoms with Crippen molar-refractivity contribution in [2.45, 2.75) is 45.6 Å². The molecule has 106 valence electrons. The number of amides is 1. The van der Waals surface area contributed by atoms with Crippen LogP contribution in [0.15, 0.2) is 24.3 Å². The molecule has 1 aromatic carbocycles. The van der Waals surface area contributed by atoms with Crippen molar-refractivity contribution in [1.82, 2.24) is 4.90 Å². The highest BCUT2D eigenvalue weighted by Crippen LogP contribution is 2.06. The van der Waals surface area contributed by atoms with Crippen molar-refractivity contribution < 1.29 is 4.79 Å².